The molecule has 3 heterocycles. The van der Waals surface area contributed by atoms with Crippen molar-refractivity contribution in [3.8, 4) is 11.5 Å². The molecule has 2 aliphatic heterocycles. The first-order valence-corrected chi connectivity index (χ1v) is 7.88. The van der Waals surface area contributed by atoms with Crippen molar-refractivity contribution in [2.75, 3.05) is 19.8 Å². The first kappa shape index (κ1) is 14.1. The van der Waals surface area contributed by atoms with E-state index in [2.05, 4.69) is 18.0 Å². The first-order valence-electron chi connectivity index (χ1n) is 7.88. The summed E-state index contributed by atoms with van der Waals surface area (Å²) in [5, 5.41) is 0. The van der Waals surface area contributed by atoms with Crippen LogP contribution in [0.5, 0.6) is 11.5 Å². The predicted octanol–water partition coefficient (Wildman–Crippen LogP) is 2.61. The highest BCUT2D eigenvalue weighted by molar-refractivity contribution is 5.92. The summed E-state index contributed by atoms with van der Waals surface area (Å²) in [7, 11) is 0. The lowest BCUT2D eigenvalue weighted by Crippen LogP contribution is -2.39. The second-order valence-corrected chi connectivity index (χ2v) is 5.83. The highest BCUT2D eigenvalue weighted by Gasteiger charge is 2.30. The quantitative estimate of drug-likeness (QED) is 0.812. The van der Waals surface area contributed by atoms with Gasteiger partial charge < -0.3 is 14.4 Å². The third-order valence-electron chi connectivity index (χ3n) is 4.49. The van der Waals surface area contributed by atoms with Crippen molar-refractivity contribution in [2.24, 2.45) is 0 Å². The van der Waals surface area contributed by atoms with Crippen LogP contribution in [0.3, 0.4) is 0 Å². The minimum atomic E-state index is -0.0290. The molecule has 4 rings (SSSR count). The van der Waals surface area contributed by atoms with Crippen LogP contribution in [0.2, 0.25) is 0 Å². The fourth-order valence-corrected chi connectivity index (χ4v) is 3.27. The first-order chi connectivity index (χ1) is 11.2. The Bertz CT molecular complexity index is 745. The summed E-state index contributed by atoms with van der Waals surface area (Å²) in [6, 6.07) is 9.48. The molecule has 0 fully saturated rings. The van der Waals surface area contributed by atoms with E-state index in [0.29, 0.717) is 25.5 Å². The maximum Gasteiger partial charge on any atom is 0.272 e. The molecule has 0 aliphatic carbocycles. The van der Waals surface area contributed by atoms with Crippen LogP contribution in [0.15, 0.2) is 36.5 Å². The number of carbonyl (C=O) groups is 1. The molecule has 1 unspecified atom stereocenters. The van der Waals surface area contributed by atoms with E-state index < -0.39 is 0 Å². The zero-order valence-electron chi connectivity index (χ0n) is 13.0. The average molecular weight is 310 g/mol. The van der Waals surface area contributed by atoms with Crippen LogP contribution in [-0.4, -0.2) is 35.5 Å². The van der Waals surface area contributed by atoms with E-state index in [9.17, 15) is 4.79 Å². The molecule has 0 radical (unpaired) electrons. The molecule has 118 valence electrons. The van der Waals surface area contributed by atoms with Gasteiger partial charge in [0.25, 0.3) is 5.91 Å². The number of carbonyl (C=O) groups excluding carboxylic acids is 1. The molecular weight excluding hydrogens is 292 g/mol. The number of rotatable bonds is 1. The molecule has 0 bridgehead atoms. The third kappa shape index (κ3) is 2.42. The van der Waals surface area contributed by atoms with E-state index in [0.717, 1.165) is 23.5 Å². The van der Waals surface area contributed by atoms with Crippen LogP contribution in [0.4, 0.5) is 0 Å². The summed E-state index contributed by atoms with van der Waals surface area (Å²) < 4.78 is 11.3. The van der Waals surface area contributed by atoms with Crippen molar-refractivity contribution in [2.45, 2.75) is 19.4 Å². The van der Waals surface area contributed by atoms with E-state index in [1.54, 1.807) is 12.3 Å². The molecule has 0 spiro atoms. The second kappa shape index (κ2) is 5.57. The summed E-state index contributed by atoms with van der Waals surface area (Å²) in [5.41, 5.74) is 2.84. The fraction of sp³-hybridized carbons (Fsp3) is 0.333. The van der Waals surface area contributed by atoms with Crippen molar-refractivity contribution in [3.05, 3.63) is 53.3 Å². The van der Waals surface area contributed by atoms with Crippen molar-refractivity contribution in [1.29, 1.82) is 0 Å². The summed E-state index contributed by atoms with van der Waals surface area (Å²) >= 11 is 0. The maximum atomic E-state index is 12.7. The maximum absolute atomic E-state index is 12.7. The Morgan fingerprint density at radius 2 is 2.00 bits per heavy atom. The Labute approximate surface area is 134 Å². The van der Waals surface area contributed by atoms with Gasteiger partial charge in [0.2, 0.25) is 0 Å². The number of aromatic nitrogens is 1. The highest BCUT2D eigenvalue weighted by atomic mass is 16.6. The molecular formula is C18H18N2O3. The zero-order valence-corrected chi connectivity index (χ0v) is 13.0. The van der Waals surface area contributed by atoms with E-state index in [-0.39, 0.29) is 11.9 Å². The van der Waals surface area contributed by atoms with Gasteiger partial charge >= 0.3 is 0 Å². The monoisotopic (exact) mass is 310 g/mol. The van der Waals surface area contributed by atoms with Crippen molar-refractivity contribution < 1.29 is 14.3 Å². The van der Waals surface area contributed by atoms with Gasteiger partial charge in [0.1, 0.15) is 18.9 Å². The van der Waals surface area contributed by atoms with Gasteiger partial charge in [-0.15, -0.1) is 0 Å². The minimum Gasteiger partial charge on any atom is -0.486 e. The SMILES string of the molecule is CC1c2cc3c(cc2CCN1C(=O)c1ccccn1)OCCO3. The van der Waals surface area contributed by atoms with Crippen LogP contribution >= 0.6 is 0 Å². The lowest BCUT2D eigenvalue weighted by Gasteiger charge is -2.36. The summed E-state index contributed by atoms with van der Waals surface area (Å²) in [6.07, 6.45) is 2.46. The van der Waals surface area contributed by atoms with Crippen LogP contribution in [-0.2, 0) is 6.42 Å². The molecule has 2 aliphatic rings. The van der Waals surface area contributed by atoms with E-state index in [4.69, 9.17) is 9.47 Å². The van der Waals surface area contributed by atoms with Gasteiger partial charge in [-0.1, -0.05) is 6.07 Å². The Morgan fingerprint density at radius 1 is 1.22 bits per heavy atom. The molecule has 1 aromatic carbocycles. The van der Waals surface area contributed by atoms with Crippen LogP contribution in [0.25, 0.3) is 0 Å². The standard InChI is InChI=1S/C18H18N2O3/c1-12-14-11-17-16(22-8-9-23-17)10-13(14)5-7-20(12)18(21)15-4-2-3-6-19-15/h2-4,6,10-12H,5,7-9H2,1H3. The Morgan fingerprint density at radius 3 is 2.74 bits per heavy atom. The largest absolute Gasteiger partial charge is 0.486 e. The zero-order chi connectivity index (χ0) is 15.8. The van der Waals surface area contributed by atoms with Gasteiger partial charge in [-0.25, -0.2) is 0 Å². The number of pyridine rings is 1. The Kier molecular flexibility index (Phi) is 3.41. The molecule has 1 aromatic heterocycles. The molecule has 0 saturated carbocycles. The van der Waals surface area contributed by atoms with Gasteiger partial charge in [0.15, 0.2) is 11.5 Å². The minimum absolute atomic E-state index is 0.0101. The van der Waals surface area contributed by atoms with Crippen molar-refractivity contribution >= 4 is 5.91 Å². The average Bonchev–Trinajstić information content (AvgIpc) is 2.61. The molecule has 1 amide bonds. The van der Waals surface area contributed by atoms with Crippen LogP contribution in [0.1, 0.15) is 34.6 Å². The molecule has 2 aromatic rings. The van der Waals surface area contributed by atoms with Gasteiger partial charge in [0, 0.05) is 12.7 Å². The number of amides is 1. The number of ether oxygens (including phenoxy) is 2. The Balaban J connectivity index is 1.66. The number of hydrogen-bond acceptors (Lipinski definition) is 4. The second-order valence-electron chi connectivity index (χ2n) is 5.83. The van der Waals surface area contributed by atoms with Crippen molar-refractivity contribution in [1.82, 2.24) is 9.88 Å². The summed E-state index contributed by atoms with van der Waals surface area (Å²) in [6.45, 7) is 3.89. The molecule has 0 N–H and O–H groups in total. The molecule has 23 heavy (non-hydrogen) atoms. The fourth-order valence-electron chi connectivity index (χ4n) is 3.27. The van der Waals surface area contributed by atoms with E-state index >= 15 is 0 Å². The van der Waals surface area contributed by atoms with Gasteiger partial charge in [-0.05, 0) is 48.7 Å². The molecule has 0 saturated heterocycles. The smallest absolute Gasteiger partial charge is 0.272 e. The number of benzene rings is 1. The summed E-state index contributed by atoms with van der Waals surface area (Å²) in [5.74, 6) is 1.55. The topological polar surface area (TPSA) is 51.7 Å². The van der Waals surface area contributed by atoms with E-state index in [1.807, 2.05) is 23.1 Å². The molecule has 5 heteroatoms. The lowest BCUT2D eigenvalue weighted by atomic mass is 9.92. The van der Waals surface area contributed by atoms with Crippen molar-refractivity contribution in [3.63, 3.8) is 0 Å². The highest BCUT2D eigenvalue weighted by Crippen LogP contribution is 2.39. The predicted molar refractivity (Wildman–Crippen MR) is 84.8 cm³/mol. The van der Waals surface area contributed by atoms with Gasteiger partial charge in [-0.3, -0.25) is 9.78 Å². The third-order valence-corrected chi connectivity index (χ3v) is 4.49. The lowest BCUT2D eigenvalue weighted by molar-refractivity contribution is 0.0670. The van der Waals surface area contributed by atoms with Gasteiger partial charge in [0.05, 0.1) is 6.04 Å². The summed E-state index contributed by atoms with van der Waals surface area (Å²) in [4.78, 5) is 18.8. The van der Waals surface area contributed by atoms with Crippen LogP contribution in [0, 0.1) is 0 Å². The number of hydrogen-bond donors (Lipinski definition) is 0. The van der Waals surface area contributed by atoms with E-state index in [1.165, 1.54) is 5.56 Å². The molecule has 1 atom stereocenters. The number of fused-ring (bicyclic) bond motifs is 2. The van der Waals surface area contributed by atoms with Crippen LogP contribution < -0.4 is 9.47 Å². The number of nitrogens with zero attached hydrogens (tertiary/aromatic N) is 2. The normalized spacial score (nSPS) is 19.2. The molecule has 5 nitrogen and oxygen atoms in total. The van der Waals surface area contributed by atoms with Gasteiger partial charge in [-0.2, -0.15) is 0 Å². The Hall–Kier alpha value is -2.56.